The van der Waals surface area contributed by atoms with Gasteiger partial charge in [-0.15, -0.1) is 0 Å². The highest BCUT2D eigenvalue weighted by Crippen LogP contribution is 2.23. The number of aromatic amines is 1. The van der Waals surface area contributed by atoms with Crippen LogP contribution in [0.4, 0.5) is 5.69 Å². The van der Waals surface area contributed by atoms with Crippen molar-refractivity contribution in [3.8, 4) is 5.75 Å². The number of ether oxygens (including phenoxy) is 1. The Morgan fingerprint density at radius 1 is 1.32 bits per heavy atom. The van der Waals surface area contributed by atoms with Gasteiger partial charge in [0.2, 0.25) is 0 Å². The van der Waals surface area contributed by atoms with Gasteiger partial charge in [0.25, 0.3) is 10.0 Å². The van der Waals surface area contributed by atoms with E-state index >= 15 is 0 Å². The van der Waals surface area contributed by atoms with Gasteiger partial charge in [-0.2, -0.15) is 5.10 Å². The summed E-state index contributed by atoms with van der Waals surface area (Å²) < 4.78 is 32.1. The Hall–Kier alpha value is -2.02. The van der Waals surface area contributed by atoms with E-state index in [0.29, 0.717) is 22.8 Å². The highest BCUT2D eigenvalue weighted by molar-refractivity contribution is 7.92. The molecular weight excluding hydrogens is 266 g/mol. The van der Waals surface area contributed by atoms with Crippen molar-refractivity contribution >= 4 is 15.7 Å². The van der Waals surface area contributed by atoms with E-state index in [1.54, 1.807) is 26.0 Å². The van der Waals surface area contributed by atoms with Crippen molar-refractivity contribution in [1.82, 2.24) is 10.2 Å². The number of hydrogen-bond donors (Lipinski definition) is 2. The highest BCUT2D eigenvalue weighted by atomic mass is 32.2. The summed E-state index contributed by atoms with van der Waals surface area (Å²) >= 11 is 0. The fraction of sp³-hybridized carbons (Fsp3) is 0.250. The van der Waals surface area contributed by atoms with Crippen LogP contribution in [0.3, 0.4) is 0 Å². The molecule has 0 fully saturated rings. The molecule has 0 saturated heterocycles. The van der Waals surface area contributed by atoms with Gasteiger partial charge in [0.05, 0.1) is 29.1 Å². The van der Waals surface area contributed by atoms with Gasteiger partial charge in [-0.1, -0.05) is 6.07 Å². The molecule has 2 N–H and O–H groups in total. The van der Waals surface area contributed by atoms with Gasteiger partial charge < -0.3 is 4.74 Å². The zero-order valence-electron chi connectivity index (χ0n) is 10.9. The van der Waals surface area contributed by atoms with E-state index in [9.17, 15) is 8.42 Å². The first kappa shape index (κ1) is 13.4. The summed E-state index contributed by atoms with van der Waals surface area (Å²) in [4.78, 5) is 0.145. The Balaban J connectivity index is 2.38. The van der Waals surface area contributed by atoms with Crippen molar-refractivity contribution in [2.24, 2.45) is 0 Å². The van der Waals surface area contributed by atoms with Gasteiger partial charge in [-0.05, 0) is 26.0 Å². The van der Waals surface area contributed by atoms with Gasteiger partial charge in [0, 0.05) is 6.07 Å². The topological polar surface area (TPSA) is 84.1 Å². The summed E-state index contributed by atoms with van der Waals surface area (Å²) in [7, 11) is -2.16. The van der Waals surface area contributed by atoms with E-state index in [1.807, 2.05) is 0 Å². The molecule has 2 rings (SSSR count). The molecule has 1 aromatic heterocycles. The second-order valence-corrected chi connectivity index (χ2v) is 5.78. The number of nitrogens with zero attached hydrogens (tertiary/aromatic N) is 1. The Morgan fingerprint density at radius 2 is 2.05 bits per heavy atom. The van der Waals surface area contributed by atoms with Gasteiger partial charge in [0.15, 0.2) is 0 Å². The summed E-state index contributed by atoms with van der Waals surface area (Å²) in [6.07, 6.45) is 0. The zero-order chi connectivity index (χ0) is 14.0. The smallest absolute Gasteiger partial charge is 0.262 e. The lowest BCUT2D eigenvalue weighted by Gasteiger charge is -2.09. The number of aryl methyl sites for hydroxylation is 2. The van der Waals surface area contributed by atoms with E-state index in [4.69, 9.17) is 4.74 Å². The van der Waals surface area contributed by atoms with Crippen LogP contribution in [0.25, 0.3) is 0 Å². The monoisotopic (exact) mass is 281 g/mol. The van der Waals surface area contributed by atoms with Gasteiger partial charge in [0.1, 0.15) is 5.75 Å². The summed E-state index contributed by atoms with van der Waals surface area (Å²) in [6.45, 7) is 3.48. The van der Waals surface area contributed by atoms with Crippen molar-refractivity contribution < 1.29 is 13.2 Å². The molecule has 1 heterocycles. The second kappa shape index (κ2) is 4.93. The molecule has 102 valence electrons. The maximum absolute atomic E-state index is 12.3. The van der Waals surface area contributed by atoms with Crippen LogP contribution in [0, 0.1) is 13.8 Å². The third kappa shape index (κ3) is 2.70. The molecular formula is C12H15N3O3S. The Kier molecular flexibility index (Phi) is 3.48. The van der Waals surface area contributed by atoms with Crippen molar-refractivity contribution in [3.63, 3.8) is 0 Å². The SMILES string of the molecule is COc1cccc(S(=O)(=O)Nc2c(C)n[nH]c2C)c1. The zero-order valence-corrected chi connectivity index (χ0v) is 11.7. The number of aromatic nitrogens is 2. The molecule has 0 bridgehead atoms. The van der Waals surface area contributed by atoms with Gasteiger partial charge in [-0.25, -0.2) is 8.42 Å². The number of sulfonamides is 1. The fourth-order valence-corrected chi connectivity index (χ4v) is 2.88. The molecule has 0 atom stereocenters. The third-order valence-corrected chi connectivity index (χ3v) is 4.06. The number of rotatable bonds is 4. The van der Waals surface area contributed by atoms with E-state index in [2.05, 4.69) is 14.9 Å². The van der Waals surface area contributed by atoms with E-state index in [-0.39, 0.29) is 4.90 Å². The molecule has 0 spiro atoms. The Labute approximate surface area is 111 Å². The largest absolute Gasteiger partial charge is 0.497 e. The maximum Gasteiger partial charge on any atom is 0.262 e. The summed E-state index contributed by atoms with van der Waals surface area (Å²) in [5.41, 5.74) is 1.75. The molecule has 19 heavy (non-hydrogen) atoms. The molecule has 0 unspecified atom stereocenters. The van der Waals surface area contributed by atoms with Crippen molar-refractivity contribution in [2.45, 2.75) is 18.7 Å². The summed E-state index contributed by atoms with van der Waals surface area (Å²) in [5.74, 6) is 0.489. The fourth-order valence-electron chi connectivity index (χ4n) is 1.66. The number of hydrogen-bond acceptors (Lipinski definition) is 4. The minimum absolute atomic E-state index is 0.145. The van der Waals surface area contributed by atoms with Gasteiger partial charge >= 0.3 is 0 Å². The lowest BCUT2D eigenvalue weighted by atomic mass is 10.3. The third-order valence-electron chi connectivity index (χ3n) is 2.72. The first-order valence-electron chi connectivity index (χ1n) is 5.62. The predicted molar refractivity (Wildman–Crippen MR) is 71.9 cm³/mol. The molecule has 7 heteroatoms. The number of nitrogens with one attached hydrogen (secondary N) is 2. The van der Waals surface area contributed by atoms with Crippen LogP contribution in [0.15, 0.2) is 29.2 Å². The molecule has 0 saturated carbocycles. The number of H-pyrrole nitrogens is 1. The normalized spacial score (nSPS) is 11.3. The maximum atomic E-state index is 12.3. The van der Waals surface area contributed by atoms with Crippen LogP contribution in [0.5, 0.6) is 5.75 Å². The number of methoxy groups -OCH3 is 1. The Morgan fingerprint density at radius 3 is 2.63 bits per heavy atom. The van der Waals surface area contributed by atoms with Crippen LogP contribution < -0.4 is 9.46 Å². The van der Waals surface area contributed by atoms with Crippen LogP contribution in [0.1, 0.15) is 11.4 Å². The molecule has 0 aliphatic carbocycles. The van der Waals surface area contributed by atoms with E-state index in [1.165, 1.54) is 19.2 Å². The molecule has 6 nitrogen and oxygen atoms in total. The lowest BCUT2D eigenvalue weighted by molar-refractivity contribution is 0.413. The summed E-state index contributed by atoms with van der Waals surface area (Å²) in [5, 5.41) is 6.68. The minimum atomic E-state index is -3.65. The van der Waals surface area contributed by atoms with Crippen molar-refractivity contribution in [1.29, 1.82) is 0 Å². The van der Waals surface area contributed by atoms with Crippen LogP contribution in [-0.4, -0.2) is 25.7 Å². The van der Waals surface area contributed by atoms with Gasteiger partial charge in [-0.3, -0.25) is 9.82 Å². The molecule has 0 aliphatic rings. The molecule has 0 aliphatic heterocycles. The lowest BCUT2D eigenvalue weighted by Crippen LogP contribution is -2.14. The number of anilines is 1. The van der Waals surface area contributed by atoms with Crippen LogP contribution in [-0.2, 0) is 10.0 Å². The predicted octanol–water partition coefficient (Wildman–Crippen LogP) is 1.84. The molecule has 2 aromatic rings. The first-order chi connectivity index (χ1) is 8.94. The van der Waals surface area contributed by atoms with Crippen LogP contribution in [0.2, 0.25) is 0 Å². The second-order valence-electron chi connectivity index (χ2n) is 4.09. The average molecular weight is 281 g/mol. The van der Waals surface area contributed by atoms with E-state index < -0.39 is 10.0 Å². The first-order valence-corrected chi connectivity index (χ1v) is 7.11. The van der Waals surface area contributed by atoms with Crippen molar-refractivity contribution in [2.75, 3.05) is 11.8 Å². The van der Waals surface area contributed by atoms with Crippen molar-refractivity contribution in [3.05, 3.63) is 35.7 Å². The minimum Gasteiger partial charge on any atom is -0.497 e. The number of benzene rings is 1. The quantitative estimate of drug-likeness (QED) is 0.895. The molecule has 0 amide bonds. The van der Waals surface area contributed by atoms with E-state index in [0.717, 1.165) is 0 Å². The standard InChI is InChI=1S/C12H15N3O3S/c1-8-12(9(2)14-13-8)15-19(16,17)11-6-4-5-10(7-11)18-3/h4-7,15H,1-3H3,(H,13,14). The molecule has 0 radical (unpaired) electrons. The van der Waals surface area contributed by atoms with Crippen LogP contribution >= 0.6 is 0 Å². The molecule has 1 aromatic carbocycles. The summed E-state index contributed by atoms with van der Waals surface area (Å²) in [6, 6.07) is 6.29. The Bertz CT molecular complexity index is 672. The average Bonchev–Trinajstić information content (AvgIpc) is 2.70. The highest BCUT2D eigenvalue weighted by Gasteiger charge is 2.18.